The third kappa shape index (κ3) is 3.19. The lowest BCUT2D eigenvalue weighted by Gasteiger charge is -2.24. The number of ketones is 2. The van der Waals surface area contributed by atoms with Gasteiger partial charge >= 0.3 is 6.09 Å². The third-order valence-electron chi connectivity index (χ3n) is 4.06. The van der Waals surface area contributed by atoms with Crippen molar-refractivity contribution in [2.45, 2.75) is 45.0 Å². The molecule has 0 bridgehead atoms. The molecule has 24 heavy (non-hydrogen) atoms. The molecule has 1 aliphatic heterocycles. The van der Waals surface area contributed by atoms with Crippen LogP contribution in [0.25, 0.3) is 0 Å². The van der Waals surface area contributed by atoms with Gasteiger partial charge in [-0.3, -0.25) is 9.59 Å². The van der Waals surface area contributed by atoms with Crippen LogP contribution in [0.4, 0.5) is 4.79 Å². The van der Waals surface area contributed by atoms with Gasteiger partial charge in [0.15, 0.2) is 17.7 Å². The topological polar surface area (TPSA) is 72.9 Å². The predicted octanol–water partition coefficient (Wildman–Crippen LogP) is 2.46. The van der Waals surface area contributed by atoms with Gasteiger partial charge in [-0.05, 0) is 27.2 Å². The maximum atomic E-state index is 12.3. The van der Waals surface area contributed by atoms with Crippen molar-refractivity contribution in [3.8, 4) is 0 Å². The van der Waals surface area contributed by atoms with Gasteiger partial charge in [0.2, 0.25) is 0 Å². The molecule has 0 aromatic heterocycles. The molecule has 0 spiro atoms. The van der Waals surface area contributed by atoms with Crippen molar-refractivity contribution in [3.63, 3.8) is 0 Å². The van der Waals surface area contributed by atoms with Crippen LogP contribution in [-0.4, -0.2) is 53.5 Å². The van der Waals surface area contributed by atoms with Crippen molar-refractivity contribution in [1.29, 1.82) is 0 Å². The molecule has 3 rings (SSSR count). The van der Waals surface area contributed by atoms with E-state index in [0.29, 0.717) is 30.6 Å². The first-order valence-corrected chi connectivity index (χ1v) is 8.07. The highest BCUT2D eigenvalue weighted by atomic mass is 16.6. The summed E-state index contributed by atoms with van der Waals surface area (Å²) in [7, 11) is 0. The summed E-state index contributed by atoms with van der Waals surface area (Å²) < 4.78 is 11.1. The number of nitrogens with zero attached hydrogens (tertiary/aromatic N) is 1. The van der Waals surface area contributed by atoms with Crippen LogP contribution in [0.3, 0.4) is 0 Å². The van der Waals surface area contributed by atoms with Crippen molar-refractivity contribution in [1.82, 2.24) is 4.90 Å². The molecule has 1 atom stereocenters. The molecule has 0 radical (unpaired) electrons. The van der Waals surface area contributed by atoms with E-state index in [-0.39, 0.29) is 17.7 Å². The van der Waals surface area contributed by atoms with Gasteiger partial charge in [-0.1, -0.05) is 24.3 Å². The molecule has 1 amide bonds. The number of carbonyl (C=O) groups is 3. The number of hydrogen-bond acceptors (Lipinski definition) is 5. The highest BCUT2D eigenvalue weighted by molar-refractivity contribution is 6.28. The van der Waals surface area contributed by atoms with Crippen LogP contribution in [0.5, 0.6) is 0 Å². The van der Waals surface area contributed by atoms with Gasteiger partial charge < -0.3 is 14.4 Å². The third-order valence-corrected chi connectivity index (χ3v) is 4.06. The second-order valence-corrected chi connectivity index (χ2v) is 7.13. The molecular formula is C18H21NO5. The van der Waals surface area contributed by atoms with Gasteiger partial charge in [-0.25, -0.2) is 4.79 Å². The average molecular weight is 331 g/mol. The molecule has 1 saturated heterocycles. The fourth-order valence-electron chi connectivity index (χ4n) is 2.96. The maximum Gasteiger partial charge on any atom is 0.410 e. The molecule has 0 N–H and O–H groups in total. The van der Waals surface area contributed by atoms with E-state index in [4.69, 9.17) is 9.47 Å². The fraction of sp³-hybridized carbons (Fsp3) is 0.500. The summed E-state index contributed by atoms with van der Waals surface area (Å²) in [5.41, 5.74) is 0.263. The van der Waals surface area contributed by atoms with Gasteiger partial charge in [-0.2, -0.15) is 0 Å². The molecular weight excluding hydrogens is 310 g/mol. The minimum Gasteiger partial charge on any atom is -0.444 e. The van der Waals surface area contributed by atoms with Crippen LogP contribution in [0, 0.1) is 0 Å². The maximum absolute atomic E-state index is 12.3. The Balaban J connectivity index is 1.62. The minimum atomic E-state index is -1.09. The first-order chi connectivity index (χ1) is 11.3. The monoisotopic (exact) mass is 331 g/mol. The zero-order valence-corrected chi connectivity index (χ0v) is 14.1. The standard InChI is InChI=1S/C18H21NO5/c1-18(2,3)24-17(22)19-9-8-11(10-19)23-16-14(20)12-6-4-5-7-13(12)15(16)21/h4-7,11,16H,8-10H2,1-3H3/t11-/m0/s1. The zero-order chi connectivity index (χ0) is 17.5. The molecule has 6 nitrogen and oxygen atoms in total. The number of ether oxygens (including phenoxy) is 2. The smallest absolute Gasteiger partial charge is 0.410 e. The summed E-state index contributed by atoms with van der Waals surface area (Å²) in [6.07, 6.45) is -1.26. The van der Waals surface area contributed by atoms with Crippen LogP contribution in [0.1, 0.15) is 47.9 Å². The molecule has 0 unspecified atom stereocenters. The summed E-state index contributed by atoms with van der Waals surface area (Å²) >= 11 is 0. The quantitative estimate of drug-likeness (QED) is 0.778. The normalized spacial score (nSPS) is 21.3. The first kappa shape index (κ1) is 16.6. The van der Waals surface area contributed by atoms with Crippen LogP contribution >= 0.6 is 0 Å². The second kappa shape index (κ2) is 6.02. The second-order valence-electron chi connectivity index (χ2n) is 7.13. The molecule has 1 aliphatic carbocycles. The number of rotatable bonds is 2. The number of Topliss-reactive ketones (excluding diaryl/α,β-unsaturated/α-hetero) is 2. The van der Waals surface area contributed by atoms with Gasteiger partial charge in [-0.15, -0.1) is 0 Å². The lowest BCUT2D eigenvalue weighted by molar-refractivity contribution is 0.00388. The number of likely N-dealkylation sites (tertiary alicyclic amines) is 1. The van der Waals surface area contributed by atoms with Crippen LogP contribution in [-0.2, 0) is 9.47 Å². The van der Waals surface area contributed by atoms with Crippen molar-refractivity contribution in [2.24, 2.45) is 0 Å². The van der Waals surface area contributed by atoms with E-state index in [1.54, 1.807) is 29.2 Å². The Kier molecular flexibility index (Phi) is 4.17. The Morgan fingerprint density at radius 2 is 1.71 bits per heavy atom. The van der Waals surface area contributed by atoms with Crippen molar-refractivity contribution >= 4 is 17.7 Å². The average Bonchev–Trinajstić information content (AvgIpc) is 3.06. The van der Waals surface area contributed by atoms with E-state index in [2.05, 4.69) is 0 Å². The largest absolute Gasteiger partial charge is 0.444 e. The molecule has 6 heteroatoms. The molecule has 0 saturated carbocycles. The molecule has 1 heterocycles. The molecule has 1 fully saturated rings. The van der Waals surface area contributed by atoms with Crippen molar-refractivity contribution in [2.75, 3.05) is 13.1 Å². The highest BCUT2D eigenvalue weighted by Gasteiger charge is 2.42. The SMILES string of the molecule is CC(C)(C)OC(=O)N1CC[C@H](OC2C(=O)c3ccccc3C2=O)C1. The summed E-state index contributed by atoms with van der Waals surface area (Å²) in [5.74, 6) is -0.599. The van der Waals surface area contributed by atoms with Gasteiger partial charge in [0.25, 0.3) is 0 Å². The van der Waals surface area contributed by atoms with Gasteiger partial charge in [0.1, 0.15) is 5.60 Å². The lowest BCUT2D eigenvalue weighted by atomic mass is 10.1. The Hall–Kier alpha value is -2.21. The lowest BCUT2D eigenvalue weighted by Crippen LogP contribution is -2.37. The zero-order valence-electron chi connectivity index (χ0n) is 14.1. The number of carbonyl (C=O) groups excluding carboxylic acids is 3. The molecule has 2 aliphatic rings. The van der Waals surface area contributed by atoms with Gasteiger partial charge in [0, 0.05) is 17.7 Å². The van der Waals surface area contributed by atoms with E-state index < -0.39 is 17.8 Å². The summed E-state index contributed by atoms with van der Waals surface area (Å²) in [6, 6.07) is 6.74. The fourth-order valence-corrected chi connectivity index (χ4v) is 2.96. The first-order valence-electron chi connectivity index (χ1n) is 8.07. The highest BCUT2D eigenvalue weighted by Crippen LogP contribution is 2.27. The van der Waals surface area contributed by atoms with E-state index in [1.165, 1.54) is 0 Å². The number of fused-ring (bicyclic) bond motifs is 1. The van der Waals surface area contributed by atoms with Crippen molar-refractivity contribution < 1.29 is 23.9 Å². The van der Waals surface area contributed by atoms with Gasteiger partial charge in [0.05, 0.1) is 12.6 Å². The summed E-state index contributed by atoms with van der Waals surface area (Å²) in [6.45, 7) is 6.23. The van der Waals surface area contributed by atoms with Crippen LogP contribution in [0.15, 0.2) is 24.3 Å². The number of hydrogen-bond donors (Lipinski definition) is 0. The van der Waals surface area contributed by atoms with E-state index >= 15 is 0 Å². The Labute approximate surface area is 140 Å². The van der Waals surface area contributed by atoms with Crippen molar-refractivity contribution in [3.05, 3.63) is 35.4 Å². The number of amides is 1. The van der Waals surface area contributed by atoms with E-state index in [0.717, 1.165) is 0 Å². The van der Waals surface area contributed by atoms with E-state index in [1.807, 2.05) is 20.8 Å². The van der Waals surface area contributed by atoms with E-state index in [9.17, 15) is 14.4 Å². The minimum absolute atomic E-state index is 0.300. The Bertz CT molecular complexity index is 656. The molecule has 1 aromatic carbocycles. The number of benzene rings is 1. The summed E-state index contributed by atoms with van der Waals surface area (Å²) in [5, 5.41) is 0. The molecule has 128 valence electrons. The Morgan fingerprint density at radius 1 is 1.12 bits per heavy atom. The predicted molar refractivity (Wildman–Crippen MR) is 86.2 cm³/mol. The summed E-state index contributed by atoms with van der Waals surface area (Å²) in [4.78, 5) is 38.3. The molecule has 1 aromatic rings. The Morgan fingerprint density at radius 3 is 2.25 bits per heavy atom. The van der Waals surface area contributed by atoms with Crippen LogP contribution in [0.2, 0.25) is 0 Å². The van der Waals surface area contributed by atoms with Crippen LogP contribution < -0.4 is 0 Å².